The minimum Gasteiger partial charge on any atom is -0.258 e. The van der Waals surface area contributed by atoms with Crippen molar-refractivity contribution >= 4 is 28.4 Å². The van der Waals surface area contributed by atoms with Gasteiger partial charge in [0.15, 0.2) is 0 Å². The number of non-ortho nitro benzene ring substituents is 1. The summed E-state index contributed by atoms with van der Waals surface area (Å²) in [4.78, 5) is 15.4. The van der Waals surface area contributed by atoms with Gasteiger partial charge in [-0.15, -0.1) is 11.8 Å². The zero-order valence-electron chi connectivity index (χ0n) is 8.01. The fraction of sp³-hybridized carbons (Fsp3) is 0.100. The molecule has 0 aliphatic carbocycles. The number of hydrogen-bond donors (Lipinski definition) is 0. The van der Waals surface area contributed by atoms with Crippen molar-refractivity contribution in [1.82, 2.24) is 4.98 Å². The predicted molar refractivity (Wildman–Crippen MR) is 60.2 cm³/mol. The molecule has 0 aliphatic heterocycles. The summed E-state index contributed by atoms with van der Waals surface area (Å²) in [6, 6.07) is 6.86. The number of fused-ring (bicyclic) bond motifs is 1. The summed E-state index contributed by atoms with van der Waals surface area (Å²) < 4.78 is 0. The largest absolute Gasteiger partial charge is 0.295 e. The van der Waals surface area contributed by atoms with Crippen LogP contribution in [0, 0.1) is 10.1 Å². The van der Waals surface area contributed by atoms with Gasteiger partial charge >= 0.3 is 0 Å². The minimum absolute atomic E-state index is 0.0587. The van der Waals surface area contributed by atoms with Gasteiger partial charge in [0, 0.05) is 22.5 Å². The molecule has 15 heavy (non-hydrogen) atoms. The molecule has 0 atom stereocenters. The van der Waals surface area contributed by atoms with E-state index in [-0.39, 0.29) is 5.69 Å². The SMILES string of the molecule is CSc1ccnc2c([N+](=O)[O-])cccc12. The number of thioether (sulfide) groups is 1. The van der Waals surface area contributed by atoms with E-state index in [4.69, 9.17) is 0 Å². The fourth-order valence-electron chi connectivity index (χ4n) is 1.46. The smallest absolute Gasteiger partial charge is 0.258 e. The van der Waals surface area contributed by atoms with E-state index in [9.17, 15) is 10.1 Å². The second kappa shape index (κ2) is 3.86. The highest BCUT2D eigenvalue weighted by Crippen LogP contribution is 2.29. The molecule has 0 spiro atoms. The van der Waals surface area contributed by atoms with Gasteiger partial charge in [0.05, 0.1) is 4.92 Å². The summed E-state index contributed by atoms with van der Waals surface area (Å²) in [7, 11) is 0. The van der Waals surface area contributed by atoms with Crippen LogP contribution < -0.4 is 0 Å². The highest BCUT2D eigenvalue weighted by atomic mass is 32.2. The van der Waals surface area contributed by atoms with Gasteiger partial charge < -0.3 is 0 Å². The molecular formula is C10H8N2O2S. The molecule has 0 saturated heterocycles. The molecule has 76 valence electrons. The van der Waals surface area contributed by atoms with Crippen LogP contribution in [-0.2, 0) is 0 Å². The summed E-state index contributed by atoms with van der Waals surface area (Å²) in [5.74, 6) is 0. The lowest BCUT2D eigenvalue weighted by Crippen LogP contribution is -1.91. The molecule has 1 heterocycles. The molecule has 0 saturated carbocycles. The zero-order chi connectivity index (χ0) is 10.8. The van der Waals surface area contributed by atoms with Crippen LogP contribution in [0.4, 0.5) is 5.69 Å². The van der Waals surface area contributed by atoms with E-state index in [2.05, 4.69) is 4.98 Å². The Labute approximate surface area is 90.5 Å². The Balaban J connectivity index is 2.82. The van der Waals surface area contributed by atoms with E-state index in [1.54, 1.807) is 24.0 Å². The Bertz CT molecular complexity index is 528. The predicted octanol–water partition coefficient (Wildman–Crippen LogP) is 2.86. The van der Waals surface area contributed by atoms with Crippen LogP contribution in [0.15, 0.2) is 35.4 Å². The maximum atomic E-state index is 10.8. The molecule has 1 aromatic carbocycles. The second-order valence-corrected chi connectivity index (χ2v) is 3.79. The lowest BCUT2D eigenvalue weighted by molar-refractivity contribution is -0.383. The lowest BCUT2D eigenvalue weighted by Gasteiger charge is -2.02. The molecule has 0 bridgehead atoms. The molecule has 4 nitrogen and oxygen atoms in total. The molecule has 2 aromatic rings. The molecule has 0 N–H and O–H groups in total. The quantitative estimate of drug-likeness (QED) is 0.443. The average molecular weight is 220 g/mol. The number of rotatable bonds is 2. The Hall–Kier alpha value is -1.62. The van der Waals surface area contributed by atoms with Crippen LogP contribution >= 0.6 is 11.8 Å². The average Bonchev–Trinajstić information content (AvgIpc) is 2.27. The number of nitro benzene ring substituents is 1. The van der Waals surface area contributed by atoms with Gasteiger partial charge in [-0.25, -0.2) is 4.98 Å². The van der Waals surface area contributed by atoms with Crippen molar-refractivity contribution in [2.45, 2.75) is 4.90 Å². The molecule has 0 radical (unpaired) electrons. The van der Waals surface area contributed by atoms with Crippen molar-refractivity contribution in [2.24, 2.45) is 0 Å². The van der Waals surface area contributed by atoms with E-state index < -0.39 is 4.92 Å². The Kier molecular flexibility index (Phi) is 2.55. The first-order valence-corrected chi connectivity index (χ1v) is 5.52. The van der Waals surface area contributed by atoms with Crippen LogP contribution in [0.2, 0.25) is 0 Å². The monoisotopic (exact) mass is 220 g/mol. The maximum absolute atomic E-state index is 10.8. The van der Waals surface area contributed by atoms with Crippen LogP contribution in [-0.4, -0.2) is 16.2 Å². The van der Waals surface area contributed by atoms with Crippen LogP contribution in [0.5, 0.6) is 0 Å². The molecular weight excluding hydrogens is 212 g/mol. The number of nitro groups is 1. The number of pyridine rings is 1. The second-order valence-electron chi connectivity index (χ2n) is 2.94. The van der Waals surface area contributed by atoms with Gasteiger partial charge in [-0.05, 0) is 12.3 Å². The standard InChI is InChI=1S/C10H8N2O2S/c1-15-9-5-6-11-10-7(9)3-2-4-8(10)12(13)14/h2-6H,1H3. The van der Waals surface area contributed by atoms with Crippen LogP contribution in [0.25, 0.3) is 10.9 Å². The first-order chi connectivity index (χ1) is 7.24. The van der Waals surface area contributed by atoms with E-state index in [1.807, 2.05) is 18.4 Å². The first-order valence-electron chi connectivity index (χ1n) is 4.30. The summed E-state index contributed by atoms with van der Waals surface area (Å²) in [5.41, 5.74) is 0.512. The van der Waals surface area contributed by atoms with Crippen molar-refractivity contribution < 1.29 is 4.92 Å². The van der Waals surface area contributed by atoms with Gasteiger partial charge in [-0.2, -0.15) is 0 Å². The third-order valence-corrected chi connectivity index (χ3v) is 2.92. The van der Waals surface area contributed by atoms with Crippen molar-refractivity contribution in [2.75, 3.05) is 6.26 Å². The summed E-state index contributed by atoms with van der Waals surface area (Å²) >= 11 is 1.56. The number of hydrogen-bond acceptors (Lipinski definition) is 4. The highest BCUT2D eigenvalue weighted by Gasteiger charge is 2.13. The lowest BCUT2D eigenvalue weighted by atomic mass is 10.2. The van der Waals surface area contributed by atoms with Gasteiger partial charge in [-0.3, -0.25) is 10.1 Å². The molecule has 0 aliphatic rings. The number of nitrogens with zero attached hydrogens (tertiary/aromatic N) is 2. The van der Waals surface area contributed by atoms with Crippen molar-refractivity contribution in [3.05, 3.63) is 40.6 Å². The van der Waals surface area contributed by atoms with Crippen molar-refractivity contribution in [3.8, 4) is 0 Å². The normalized spacial score (nSPS) is 10.5. The van der Waals surface area contributed by atoms with E-state index >= 15 is 0 Å². The molecule has 5 heteroatoms. The zero-order valence-corrected chi connectivity index (χ0v) is 8.82. The summed E-state index contributed by atoms with van der Waals surface area (Å²) in [6.07, 6.45) is 3.54. The molecule has 2 rings (SSSR count). The number of aromatic nitrogens is 1. The van der Waals surface area contributed by atoms with Gasteiger partial charge in [-0.1, -0.05) is 12.1 Å². The van der Waals surface area contributed by atoms with Crippen molar-refractivity contribution in [3.63, 3.8) is 0 Å². The molecule has 0 fully saturated rings. The van der Waals surface area contributed by atoms with Gasteiger partial charge in [0.25, 0.3) is 5.69 Å². The molecule has 0 amide bonds. The maximum Gasteiger partial charge on any atom is 0.295 e. The molecule has 1 aromatic heterocycles. The summed E-state index contributed by atoms with van der Waals surface area (Å²) in [5, 5.41) is 11.6. The van der Waals surface area contributed by atoms with Crippen molar-refractivity contribution in [1.29, 1.82) is 0 Å². The third-order valence-electron chi connectivity index (χ3n) is 2.13. The first kappa shape index (κ1) is 9.92. The topological polar surface area (TPSA) is 56.0 Å². The van der Waals surface area contributed by atoms with Crippen LogP contribution in [0.3, 0.4) is 0 Å². The van der Waals surface area contributed by atoms with Crippen LogP contribution in [0.1, 0.15) is 0 Å². The highest BCUT2D eigenvalue weighted by molar-refractivity contribution is 7.98. The van der Waals surface area contributed by atoms with Gasteiger partial charge in [0.1, 0.15) is 5.52 Å². The summed E-state index contributed by atoms with van der Waals surface area (Å²) in [6.45, 7) is 0. The minimum atomic E-state index is -0.403. The van der Waals surface area contributed by atoms with E-state index in [0.717, 1.165) is 10.3 Å². The van der Waals surface area contributed by atoms with E-state index in [1.165, 1.54) is 6.07 Å². The number of benzene rings is 1. The Morgan fingerprint density at radius 1 is 1.40 bits per heavy atom. The Morgan fingerprint density at radius 2 is 2.20 bits per heavy atom. The van der Waals surface area contributed by atoms with Gasteiger partial charge in [0.2, 0.25) is 0 Å². The number of para-hydroxylation sites is 1. The Morgan fingerprint density at radius 3 is 2.87 bits per heavy atom. The molecule has 0 unspecified atom stereocenters. The third kappa shape index (κ3) is 1.66. The van der Waals surface area contributed by atoms with E-state index in [0.29, 0.717) is 5.52 Å². The fourth-order valence-corrected chi connectivity index (χ4v) is 2.04.